The number of carbonyl (C=O) groups excluding carboxylic acids is 1. The predicted octanol–water partition coefficient (Wildman–Crippen LogP) is 4.08. The number of halogens is 2. The van der Waals surface area contributed by atoms with Crippen molar-refractivity contribution in [3.8, 4) is 11.5 Å². The molecule has 2 aromatic carbocycles. The third-order valence-electron chi connectivity index (χ3n) is 3.80. The quantitative estimate of drug-likeness (QED) is 0.888. The van der Waals surface area contributed by atoms with Gasteiger partial charge in [0.2, 0.25) is 0 Å². The zero-order chi connectivity index (χ0) is 17.3. The van der Waals surface area contributed by atoms with Crippen LogP contribution in [0.25, 0.3) is 0 Å². The van der Waals surface area contributed by atoms with Crippen LogP contribution in [0.1, 0.15) is 10.4 Å². The van der Waals surface area contributed by atoms with Crippen LogP contribution in [0.3, 0.4) is 0 Å². The predicted molar refractivity (Wildman–Crippen MR) is 96.2 cm³/mol. The summed E-state index contributed by atoms with van der Waals surface area (Å²) in [5.41, 5.74) is 1.78. The Morgan fingerprint density at radius 1 is 1.25 bits per heavy atom. The SMILES string of the molecule is COc1c(Cl)ccc(Cl)c1C(=O)Nc1ccc2c(c1)OCCN2C. The minimum atomic E-state index is -0.400. The molecule has 1 amide bonds. The van der Waals surface area contributed by atoms with Crippen LogP contribution in [-0.2, 0) is 0 Å². The van der Waals surface area contributed by atoms with E-state index in [1.165, 1.54) is 7.11 Å². The Morgan fingerprint density at radius 3 is 2.75 bits per heavy atom. The van der Waals surface area contributed by atoms with E-state index >= 15 is 0 Å². The molecule has 1 aliphatic heterocycles. The number of nitrogens with zero attached hydrogens (tertiary/aromatic N) is 1. The summed E-state index contributed by atoms with van der Waals surface area (Å²) in [5.74, 6) is 0.574. The molecule has 7 heteroatoms. The molecule has 0 saturated heterocycles. The number of likely N-dealkylation sites (N-methyl/N-ethyl adjacent to an activating group) is 1. The standard InChI is InChI=1S/C17H16Cl2N2O3/c1-21-7-8-24-14-9-10(3-6-13(14)21)20-17(22)15-11(18)4-5-12(19)16(15)23-2/h3-6,9H,7-8H2,1-2H3,(H,20,22). The second kappa shape index (κ2) is 6.79. The van der Waals surface area contributed by atoms with E-state index in [1.54, 1.807) is 18.2 Å². The van der Waals surface area contributed by atoms with Crippen molar-refractivity contribution in [2.45, 2.75) is 0 Å². The molecule has 0 aromatic heterocycles. The van der Waals surface area contributed by atoms with Gasteiger partial charge in [-0.15, -0.1) is 0 Å². The summed E-state index contributed by atoms with van der Waals surface area (Å²) in [4.78, 5) is 14.7. The molecular formula is C17H16Cl2N2O3. The number of hydrogen-bond donors (Lipinski definition) is 1. The first-order chi connectivity index (χ1) is 11.5. The van der Waals surface area contributed by atoms with Gasteiger partial charge in [-0.2, -0.15) is 0 Å². The van der Waals surface area contributed by atoms with E-state index in [-0.39, 0.29) is 16.3 Å². The molecule has 0 spiro atoms. The molecule has 0 unspecified atom stereocenters. The summed E-state index contributed by atoms with van der Waals surface area (Å²) >= 11 is 12.2. The average molecular weight is 367 g/mol. The second-order valence-corrected chi connectivity index (χ2v) is 6.16. The van der Waals surface area contributed by atoms with Crippen molar-refractivity contribution < 1.29 is 14.3 Å². The fourth-order valence-corrected chi connectivity index (χ4v) is 3.04. The molecule has 0 fully saturated rings. The lowest BCUT2D eigenvalue weighted by atomic mass is 10.1. The molecule has 24 heavy (non-hydrogen) atoms. The molecule has 1 aliphatic rings. The zero-order valence-electron chi connectivity index (χ0n) is 13.2. The van der Waals surface area contributed by atoms with Crippen LogP contribution in [0.4, 0.5) is 11.4 Å². The van der Waals surface area contributed by atoms with E-state index in [2.05, 4.69) is 10.2 Å². The van der Waals surface area contributed by atoms with E-state index in [0.717, 1.165) is 18.0 Å². The molecule has 0 aliphatic carbocycles. The Morgan fingerprint density at radius 2 is 2.00 bits per heavy atom. The van der Waals surface area contributed by atoms with Crippen LogP contribution in [0.5, 0.6) is 11.5 Å². The minimum absolute atomic E-state index is 0.197. The number of hydrogen-bond acceptors (Lipinski definition) is 4. The molecule has 5 nitrogen and oxygen atoms in total. The van der Waals surface area contributed by atoms with Gasteiger partial charge in [-0.25, -0.2) is 0 Å². The van der Waals surface area contributed by atoms with Gasteiger partial charge in [0, 0.05) is 18.8 Å². The normalized spacial score (nSPS) is 13.1. The lowest BCUT2D eigenvalue weighted by molar-refractivity contribution is 0.102. The van der Waals surface area contributed by atoms with Gasteiger partial charge >= 0.3 is 0 Å². The molecule has 0 atom stereocenters. The number of methoxy groups -OCH3 is 1. The fourth-order valence-electron chi connectivity index (χ4n) is 2.57. The molecule has 126 valence electrons. The molecule has 0 bridgehead atoms. The number of rotatable bonds is 3. The Kier molecular flexibility index (Phi) is 4.73. The Labute approximate surface area is 150 Å². The number of carbonyl (C=O) groups is 1. The molecule has 2 aromatic rings. The van der Waals surface area contributed by atoms with Crippen molar-refractivity contribution in [3.05, 3.63) is 45.9 Å². The van der Waals surface area contributed by atoms with Gasteiger partial charge in [0.05, 0.1) is 29.4 Å². The van der Waals surface area contributed by atoms with Crippen LogP contribution in [-0.4, -0.2) is 33.2 Å². The Hall–Kier alpha value is -2.11. The first-order valence-electron chi connectivity index (χ1n) is 7.32. The summed E-state index contributed by atoms with van der Waals surface area (Å²) in [7, 11) is 3.44. The highest BCUT2D eigenvalue weighted by Crippen LogP contribution is 2.36. The van der Waals surface area contributed by atoms with Gasteiger partial charge in [-0.05, 0) is 24.3 Å². The van der Waals surface area contributed by atoms with Crippen molar-refractivity contribution in [3.63, 3.8) is 0 Å². The third-order valence-corrected chi connectivity index (χ3v) is 4.42. The maximum atomic E-state index is 12.6. The monoisotopic (exact) mass is 366 g/mol. The van der Waals surface area contributed by atoms with Crippen molar-refractivity contribution in [1.82, 2.24) is 0 Å². The number of nitrogens with one attached hydrogen (secondary N) is 1. The molecule has 1 N–H and O–H groups in total. The topological polar surface area (TPSA) is 50.8 Å². The van der Waals surface area contributed by atoms with Crippen LogP contribution in [0, 0.1) is 0 Å². The van der Waals surface area contributed by atoms with E-state index in [9.17, 15) is 4.79 Å². The van der Waals surface area contributed by atoms with E-state index < -0.39 is 5.91 Å². The molecule has 0 saturated carbocycles. The highest BCUT2D eigenvalue weighted by Gasteiger charge is 2.21. The number of amides is 1. The van der Waals surface area contributed by atoms with E-state index in [0.29, 0.717) is 17.3 Å². The number of fused-ring (bicyclic) bond motifs is 1. The third kappa shape index (κ3) is 3.09. The maximum absolute atomic E-state index is 12.6. The van der Waals surface area contributed by atoms with Gasteiger partial charge in [-0.1, -0.05) is 23.2 Å². The minimum Gasteiger partial charge on any atom is -0.494 e. The maximum Gasteiger partial charge on any atom is 0.261 e. The summed E-state index contributed by atoms with van der Waals surface area (Å²) in [6.07, 6.45) is 0. The lowest BCUT2D eigenvalue weighted by Crippen LogP contribution is -2.28. The first-order valence-corrected chi connectivity index (χ1v) is 8.08. The fraction of sp³-hybridized carbons (Fsp3) is 0.235. The number of anilines is 2. The second-order valence-electron chi connectivity index (χ2n) is 5.34. The van der Waals surface area contributed by atoms with Gasteiger partial charge < -0.3 is 19.7 Å². The zero-order valence-corrected chi connectivity index (χ0v) is 14.7. The smallest absolute Gasteiger partial charge is 0.261 e. The summed E-state index contributed by atoms with van der Waals surface area (Å²) in [6.45, 7) is 1.43. The van der Waals surface area contributed by atoms with Gasteiger partial charge in [0.25, 0.3) is 5.91 Å². The molecule has 0 radical (unpaired) electrons. The lowest BCUT2D eigenvalue weighted by Gasteiger charge is -2.28. The van der Waals surface area contributed by atoms with Crippen LogP contribution < -0.4 is 19.7 Å². The van der Waals surface area contributed by atoms with E-state index in [1.807, 2.05) is 19.2 Å². The molecular weight excluding hydrogens is 351 g/mol. The summed E-state index contributed by atoms with van der Waals surface area (Å²) in [5, 5.41) is 3.39. The van der Waals surface area contributed by atoms with Crippen LogP contribution in [0.2, 0.25) is 10.0 Å². The van der Waals surface area contributed by atoms with Crippen molar-refractivity contribution >= 4 is 40.5 Å². The highest BCUT2D eigenvalue weighted by molar-refractivity contribution is 6.37. The number of ether oxygens (including phenoxy) is 2. The molecule has 1 heterocycles. The summed E-state index contributed by atoms with van der Waals surface area (Å²) in [6, 6.07) is 8.65. The van der Waals surface area contributed by atoms with Gasteiger partial charge in [0.15, 0.2) is 5.75 Å². The highest BCUT2D eigenvalue weighted by atomic mass is 35.5. The number of benzene rings is 2. The first kappa shape index (κ1) is 16.7. The van der Waals surface area contributed by atoms with Gasteiger partial charge in [-0.3, -0.25) is 4.79 Å². The van der Waals surface area contributed by atoms with Crippen LogP contribution in [0.15, 0.2) is 30.3 Å². The average Bonchev–Trinajstić information content (AvgIpc) is 2.56. The molecule has 3 rings (SSSR count). The van der Waals surface area contributed by atoms with Crippen molar-refractivity contribution in [1.29, 1.82) is 0 Å². The Bertz CT molecular complexity index is 796. The largest absolute Gasteiger partial charge is 0.494 e. The van der Waals surface area contributed by atoms with E-state index in [4.69, 9.17) is 32.7 Å². The van der Waals surface area contributed by atoms with Crippen molar-refractivity contribution in [2.24, 2.45) is 0 Å². The Balaban J connectivity index is 1.90. The summed E-state index contributed by atoms with van der Waals surface area (Å²) < 4.78 is 10.9. The van der Waals surface area contributed by atoms with Gasteiger partial charge in [0.1, 0.15) is 17.9 Å². The van der Waals surface area contributed by atoms with Crippen molar-refractivity contribution in [2.75, 3.05) is 37.5 Å². The van der Waals surface area contributed by atoms with Crippen LogP contribution >= 0.6 is 23.2 Å².